The smallest absolute Gasteiger partial charge is 0.338 e. The van der Waals surface area contributed by atoms with Crippen molar-refractivity contribution in [3.63, 3.8) is 0 Å². The minimum absolute atomic E-state index is 0.148. The molecule has 43 heavy (non-hydrogen) atoms. The summed E-state index contributed by atoms with van der Waals surface area (Å²) in [5.41, 5.74) is 0.445. The molecule has 1 aliphatic rings. The molecule has 12 nitrogen and oxygen atoms in total. The van der Waals surface area contributed by atoms with Crippen LogP contribution in [0.3, 0.4) is 0 Å². The Hall–Kier alpha value is -5.14. The lowest BCUT2D eigenvalue weighted by Gasteiger charge is -2.24. The van der Waals surface area contributed by atoms with E-state index in [2.05, 4.69) is 4.99 Å². The third-order valence-corrected chi connectivity index (χ3v) is 7.67. The Morgan fingerprint density at radius 2 is 1.84 bits per heavy atom. The number of fused-ring (bicyclic) bond motifs is 1. The van der Waals surface area contributed by atoms with Crippen LogP contribution in [-0.2, 0) is 9.53 Å². The fourth-order valence-corrected chi connectivity index (χ4v) is 5.72. The molecule has 0 radical (unpaired) electrons. The number of rotatable bonds is 8. The van der Waals surface area contributed by atoms with Gasteiger partial charge in [-0.25, -0.2) is 9.79 Å². The quantitative estimate of drug-likeness (QED) is 0.150. The summed E-state index contributed by atoms with van der Waals surface area (Å²) >= 11 is 7.23. The molecule has 0 saturated carbocycles. The van der Waals surface area contributed by atoms with Crippen LogP contribution in [0.2, 0.25) is 5.02 Å². The number of hydrogen-bond donors (Lipinski definition) is 0. The largest absolute Gasteiger partial charge is 0.463 e. The van der Waals surface area contributed by atoms with E-state index >= 15 is 0 Å². The topological polar surface area (TPSA) is 156 Å². The third-order valence-electron chi connectivity index (χ3n) is 6.44. The SMILES string of the molecule is CCOC(=O)C1=C(C)N=c2s/c(=C\c3cccc(Oc4ccc([N+](=O)[O-])cc4[N+](=O)[O-])c3)c(=O)n2[C@@H]1c1ccc(Cl)cc1. The zero-order valence-electron chi connectivity index (χ0n) is 22.6. The van der Waals surface area contributed by atoms with Crippen molar-refractivity contribution in [3.8, 4) is 11.5 Å². The Balaban J connectivity index is 1.57. The van der Waals surface area contributed by atoms with Crippen LogP contribution in [0.1, 0.15) is 31.0 Å². The Labute approximate surface area is 251 Å². The van der Waals surface area contributed by atoms with Crippen molar-refractivity contribution in [2.75, 3.05) is 6.61 Å². The highest BCUT2D eigenvalue weighted by atomic mass is 35.5. The van der Waals surface area contributed by atoms with Gasteiger partial charge in [-0.2, -0.15) is 0 Å². The highest BCUT2D eigenvalue weighted by Gasteiger charge is 2.33. The first kappa shape index (κ1) is 29.4. The molecule has 1 atom stereocenters. The number of carbonyl (C=O) groups excluding carboxylic acids is 1. The predicted octanol–water partition coefficient (Wildman–Crippen LogP) is 5.06. The summed E-state index contributed by atoms with van der Waals surface area (Å²) in [6, 6.07) is 15.6. The molecule has 3 aromatic carbocycles. The normalized spacial score (nSPS) is 14.6. The van der Waals surface area contributed by atoms with Crippen LogP contribution in [0.25, 0.3) is 6.08 Å². The highest BCUT2D eigenvalue weighted by Crippen LogP contribution is 2.35. The summed E-state index contributed by atoms with van der Waals surface area (Å²) in [5.74, 6) is -0.557. The molecule has 0 bridgehead atoms. The molecule has 2 heterocycles. The van der Waals surface area contributed by atoms with Crippen molar-refractivity contribution in [2.24, 2.45) is 4.99 Å². The Morgan fingerprint density at radius 1 is 1.09 bits per heavy atom. The van der Waals surface area contributed by atoms with Gasteiger partial charge in [-0.05, 0) is 61.4 Å². The van der Waals surface area contributed by atoms with Crippen LogP contribution in [0, 0.1) is 20.2 Å². The van der Waals surface area contributed by atoms with Gasteiger partial charge in [0.25, 0.3) is 11.2 Å². The second-order valence-corrected chi connectivity index (χ2v) is 10.6. The van der Waals surface area contributed by atoms with Crippen LogP contribution in [-0.4, -0.2) is 27.0 Å². The van der Waals surface area contributed by atoms with Gasteiger partial charge < -0.3 is 9.47 Å². The number of hydrogen-bond acceptors (Lipinski definition) is 10. The number of ether oxygens (including phenoxy) is 2. The van der Waals surface area contributed by atoms with Gasteiger partial charge in [0, 0.05) is 11.1 Å². The first-order valence-electron chi connectivity index (χ1n) is 12.7. The molecule has 0 fully saturated rings. The molecule has 0 amide bonds. The average Bonchev–Trinajstić information content (AvgIpc) is 3.26. The fraction of sp³-hybridized carbons (Fsp3) is 0.138. The first-order valence-corrected chi connectivity index (χ1v) is 13.9. The van der Waals surface area contributed by atoms with Crippen LogP contribution >= 0.6 is 22.9 Å². The number of allylic oxidation sites excluding steroid dienone is 1. The van der Waals surface area contributed by atoms with Gasteiger partial charge in [-0.1, -0.05) is 47.2 Å². The number of nitro benzene ring substituents is 2. The Morgan fingerprint density at radius 3 is 2.51 bits per heavy atom. The summed E-state index contributed by atoms with van der Waals surface area (Å²) in [6.07, 6.45) is 1.61. The molecular weight excluding hydrogens is 600 g/mol. The van der Waals surface area contributed by atoms with E-state index in [1.165, 1.54) is 4.57 Å². The second-order valence-electron chi connectivity index (χ2n) is 9.19. The molecule has 4 aromatic rings. The highest BCUT2D eigenvalue weighted by molar-refractivity contribution is 7.07. The number of benzene rings is 3. The minimum Gasteiger partial charge on any atom is -0.463 e. The average molecular weight is 621 g/mol. The molecule has 5 rings (SSSR count). The van der Waals surface area contributed by atoms with Crippen molar-refractivity contribution < 1.29 is 24.1 Å². The molecule has 218 valence electrons. The second kappa shape index (κ2) is 12.0. The first-order chi connectivity index (χ1) is 20.6. The maximum atomic E-state index is 13.8. The van der Waals surface area contributed by atoms with Gasteiger partial charge in [0.05, 0.1) is 44.4 Å². The summed E-state index contributed by atoms with van der Waals surface area (Å²) < 4.78 is 12.8. The van der Waals surface area contributed by atoms with Gasteiger partial charge in [0.1, 0.15) is 5.75 Å². The molecule has 0 saturated heterocycles. The van der Waals surface area contributed by atoms with E-state index in [9.17, 15) is 29.8 Å². The number of thiazole rings is 1. The molecule has 0 N–H and O–H groups in total. The number of nitrogens with zero attached hydrogens (tertiary/aromatic N) is 4. The molecule has 0 aliphatic carbocycles. The number of non-ortho nitro benzene ring substituents is 1. The Bertz CT molecular complexity index is 2000. The lowest BCUT2D eigenvalue weighted by Crippen LogP contribution is -2.39. The standard InChI is InChI=1S/C29H21ClN4O8S/c1-3-41-28(36)25-16(2)31-29-32(26(25)18-7-9-19(30)10-8-18)27(35)24(43-29)14-17-5-4-6-21(13-17)42-23-12-11-20(33(37)38)15-22(23)34(39)40/h4-15,26H,3H2,1-2H3/b24-14-/t26-/m1/s1. The van der Waals surface area contributed by atoms with E-state index in [-0.39, 0.29) is 23.7 Å². The molecule has 0 spiro atoms. The van der Waals surface area contributed by atoms with Crippen molar-refractivity contribution in [2.45, 2.75) is 19.9 Å². The zero-order chi connectivity index (χ0) is 30.8. The minimum atomic E-state index is -0.799. The van der Waals surface area contributed by atoms with E-state index in [1.807, 2.05) is 0 Å². The van der Waals surface area contributed by atoms with Crippen molar-refractivity contribution >= 4 is 46.4 Å². The summed E-state index contributed by atoms with van der Waals surface area (Å²) in [5, 5.41) is 23.1. The van der Waals surface area contributed by atoms with Gasteiger partial charge in [-0.3, -0.25) is 29.6 Å². The fourth-order valence-electron chi connectivity index (χ4n) is 4.55. The van der Waals surface area contributed by atoms with Gasteiger partial charge in [-0.15, -0.1) is 0 Å². The molecule has 1 aromatic heterocycles. The van der Waals surface area contributed by atoms with E-state index in [1.54, 1.807) is 68.5 Å². The van der Waals surface area contributed by atoms with E-state index < -0.39 is 38.8 Å². The number of aromatic nitrogens is 1. The van der Waals surface area contributed by atoms with Crippen LogP contribution in [0.4, 0.5) is 11.4 Å². The van der Waals surface area contributed by atoms with Crippen molar-refractivity contribution in [1.29, 1.82) is 0 Å². The van der Waals surface area contributed by atoms with Crippen LogP contribution < -0.4 is 19.6 Å². The van der Waals surface area contributed by atoms with Gasteiger partial charge in [0.2, 0.25) is 5.75 Å². The zero-order valence-corrected chi connectivity index (χ0v) is 24.1. The number of nitro groups is 2. The Kier molecular flexibility index (Phi) is 8.19. The maximum Gasteiger partial charge on any atom is 0.338 e. The maximum absolute atomic E-state index is 13.8. The monoisotopic (exact) mass is 620 g/mol. The van der Waals surface area contributed by atoms with Crippen molar-refractivity contribution in [1.82, 2.24) is 4.57 Å². The van der Waals surface area contributed by atoms with E-state index in [0.717, 1.165) is 29.5 Å². The summed E-state index contributed by atoms with van der Waals surface area (Å²) in [6.45, 7) is 3.53. The molecule has 1 aliphatic heterocycles. The number of halogens is 1. The lowest BCUT2D eigenvalue weighted by atomic mass is 9.96. The number of carbonyl (C=O) groups is 1. The molecule has 14 heteroatoms. The van der Waals surface area contributed by atoms with E-state index in [4.69, 9.17) is 21.1 Å². The van der Waals surface area contributed by atoms with Crippen molar-refractivity contribution in [3.05, 3.63) is 134 Å². The predicted molar refractivity (Wildman–Crippen MR) is 158 cm³/mol. The van der Waals surface area contributed by atoms with Crippen LogP contribution in [0.5, 0.6) is 11.5 Å². The molecular formula is C29H21ClN4O8S. The number of esters is 1. The van der Waals surface area contributed by atoms with Gasteiger partial charge in [0.15, 0.2) is 4.80 Å². The van der Waals surface area contributed by atoms with E-state index in [0.29, 0.717) is 31.2 Å². The summed E-state index contributed by atoms with van der Waals surface area (Å²) in [7, 11) is 0. The lowest BCUT2D eigenvalue weighted by molar-refractivity contribution is -0.394. The van der Waals surface area contributed by atoms with Crippen LogP contribution in [0.15, 0.2) is 87.8 Å². The third kappa shape index (κ3) is 5.94. The molecule has 0 unspecified atom stereocenters. The van der Waals surface area contributed by atoms with Gasteiger partial charge >= 0.3 is 11.7 Å². The summed E-state index contributed by atoms with van der Waals surface area (Å²) in [4.78, 5) is 52.8.